The summed E-state index contributed by atoms with van der Waals surface area (Å²) in [6, 6.07) is 13.2. The van der Waals surface area contributed by atoms with Crippen LogP contribution in [0.3, 0.4) is 0 Å². The van der Waals surface area contributed by atoms with E-state index in [2.05, 4.69) is 83.4 Å². The van der Waals surface area contributed by atoms with Gasteiger partial charge in [0.1, 0.15) is 66.1 Å². The van der Waals surface area contributed by atoms with E-state index >= 15 is 9.59 Å². The second-order valence-electron chi connectivity index (χ2n) is 28.0. The number of aliphatic hydroxyl groups excluding tert-OH is 1. The summed E-state index contributed by atoms with van der Waals surface area (Å²) in [5.41, 5.74) is 18.7. The monoisotopic (exact) mass is 1590 g/mol. The van der Waals surface area contributed by atoms with Gasteiger partial charge in [-0.25, -0.2) is 9.97 Å². The normalized spacial score (nSPS) is 14.8. The molecule has 7 rings (SSSR count). The molecule has 19 N–H and O–H groups in total. The molecule has 1 fully saturated rings. The van der Waals surface area contributed by atoms with E-state index in [1.165, 1.54) is 55.8 Å². The zero-order valence-corrected chi connectivity index (χ0v) is 64.7. The number of aromatic nitrogens is 4. The number of hydrogen-bond acceptors (Lipinski definition) is 20. The van der Waals surface area contributed by atoms with Gasteiger partial charge >= 0.3 is 5.97 Å². The Morgan fingerprint density at radius 3 is 1.67 bits per heavy atom. The van der Waals surface area contributed by atoms with Gasteiger partial charge in [-0.15, -0.1) is 0 Å². The van der Waals surface area contributed by atoms with Crippen LogP contribution in [0.2, 0.25) is 5.02 Å². The number of fused-ring (bicyclic) bond motifs is 1. The van der Waals surface area contributed by atoms with Gasteiger partial charge in [0.2, 0.25) is 59.1 Å². The number of carboxylic acid groups (broad SMARTS) is 1. The van der Waals surface area contributed by atoms with Gasteiger partial charge in [0.25, 0.3) is 11.8 Å². The van der Waals surface area contributed by atoms with Crippen molar-refractivity contribution in [2.75, 3.05) is 38.5 Å². The summed E-state index contributed by atoms with van der Waals surface area (Å²) in [5, 5.41) is 52.2. The van der Waals surface area contributed by atoms with Crippen molar-refractivity contribution in [1.29, 1.82) is 0 Å². The molecular weight excluding hydrogens is 1490 g/mol. The number of anilines is 1. The Morgan fingerprint density at radius 2 is 1.08 bits per heavy atom. The van der Waals surface area contributed by atoms with E-state index in [1.807, 2.05) is 42.5 Å². The lowest BCUT2D eigenvalue weighted by atomic mass is 9.99. The number of amides is 12. The minimum Gasteiger partial charge on any atom is -0.480 e. The van der Waals surface area contributed by atoms with Gasteiger partial charge in [-0.1, -0.05) is 92.2 Å². The zero-order valence-electron chi connectivity index (χ0n) is 63.9. The highest BCUT2D eigenvalue weighted by Gasteiger charge is 2.41. The van der Waals surface area contributed by atoms with Crippen LogP contribution in [0.15, 0.2) is 133 Å². The summed E-state index contributed by atoms with van der Waals surface area (Å²) in [5.74, 6) is -11.6. The molecule has 0 radical (unpaired) electrons. The fraction of sp³-hybridized carbons (Fsp3) is 0.436. The van der Waals surface area contributed by atoms with E-state index in [0.717, 1.165) is 10.8 Å². The number of benzene rings is 3. The number of unbranched alkanes of at least 4 members (excludes halogenated alkanes) is 2. The second kappa shape index (κ2) is 45.3. The number of halogens is 1. The first-order valence-corrected chi connectivity index (χ1v) is 38.0. The summed E-state index contributed by atoms with van der Waals surface area (Å²) in [7, 11) is 0. The van der Waals surface area contributed by atoms with Crippen molar-refractivity contribution in [1.82, 2.24) is 83.3 Å². The number of nitrogens with one attached hydrogen (secondary N) is 11. The van der Waals surface area contributed by atoms with E-state index in [1.54, 1.807) is 62.4 Å². The number of carboxylic acids is 1. The molecule has 35 nitrogen and oxygen atoms in total. The maximum atomic E-state index is 15.2. The highest BCUT2D eigenvalue weighted by atomic mass is 35.5. The van der Waals surface area contributed by atoms with Crippen LogP contribution in [0.5, 0.6) is 0 Å². The molecule has 0 unspecified atom stereocenters. The molecule has 114 heavy (non-hydrogen) atoms. The third kappa shape index (κ3) is 28.8. The molecule has 0 aliphatic carbocycles. The Hall–Kier alpha value is -12.3. The van der Waals surface area contributed by atoms with Crippen LogP contribution in [-0.2, 0) is 72.0 Å². The first kappa shape index (κ1) is 88.9. The van der Waals surface area contributed by atoms with Crippen LogP contribution >= 0.6 is 11.6 Å². The number of aliphatic carboxylic acids is 1. The molecule has 4 heterocycles. The van der Waals surface area contributed by atoms with Gasteiger partial charge in [-0.2, -0.15) is 0 Å². The lowest BCUT2D eigenvalue weighted by molar-refractivity contribution is -0.144. The Morgan fingerprint density at radius 1 is 0.544 bits per heavy atom. The molecule has 0 spiro atoms. The number of rotatable bonds is 44. The van der Waals surface area contributed by atoms with E-state index in [0.29, 0.717) is 28.1 Å². The van der Waals surface area contributed by atoms with E-state index in [4.69, 9.17) is 28.8 Å². The summed E-state index contributed by atoms with van der Waals surface area (Å²) < 4.78 is 0. The molecular formula is C78H101ClN20O15. The number of likely N-dealkylation sites (tertiary alicyclic amines) is 1. The second-order valence-corrected chi connectivity index (χ2v) is 28.4. The van der Waals surface area contributed by atoms with E-state index < -0.39 is 144 Å². The van der Waals surface area contributed by atoms with E-state index in [9.17, 15) is 63.0 Å². The summed E-state index contributed by atoms with van der Waals surface area (Å²) >= 11 is 6.26. The molecule has 12 amide bonds. The summed E-state index contributed by atoms with van der Waals surface area (Å²) in [6.07, 6.45) is 7.24. The molecule has 0 bridgehead atoms. The highest BCUT2D eigenvalue weighted by Crippen LogP contribution is 2.23. The van der Waals surface area contributed by atoms with Crippen LogP contribution in [0, 0.1) is 5.92 Å². The molecule has 3 aromatic heterocycles. The van der Waals surface area contributed by atoms with Crippen molar-refractivity contribution in [3.63, 3.8) is 0 Å². The molecule has 36 heteroatoms. The molecule has 610 valence electrons. The van der Waals surface area contributed by atoms with Crippen molar-refractivity contribution in [3.05, 3.63) is 161 Å². The largest absolute Gasteiger partial charge is 0.480 e. The molecule has 1 saturated heterocycles. The van der Waals surface area contributed by atoms with Gasteiger partial charge in [0.05, 0.1) is 6.61 Å². The standard InChI is InChI=1S/C78H101ClN20O15/c1-45(2)38-58(69(105)94-57(22-14-34-89-78(81)82)76(112)99-37-15-23-63(99)74(110)90-46(3)77(113)114)95-68(104)56(21-9-12-33-88-75(111)64-65(80)86-36-35-85-64)92-67(103)55(20-8-11-32-87-66(102)54-19-7-10-31-84-54)93-73(109)62(44-100)98-72(108)61(42-50-16-13-30-83-43-50)97-71(107)60(40-48-25-28-53(79)29-26-48)96-70(106)59(91-47(4)101)41-49-24-27-51-17-5-6-18-52(51)39-49/h5-7,10,13,16-19,24-31,35-36,39,43,45-46,55-63,100H,8-9,11-12,14-15,20-23,32-34,37-38,40-42,44H2,1-4H3,(H2,80,86)(H,87,102)(H,88,111)(H,90,110)(H,91,101)(H,92,103)(H,93,109)(H,94,105)(H,95,104)(H,96,106)(H,97,107)(H,98,108)(H,113,114)(H4,81,82,89)/t46-,55-,56-,57-,58-,59-,60-,61-,62-,63+/m0/s1. The number of nitrogens with zero attached hydrogens (tertiary/aromatic N) is 6. The van der Waals surface area contributed by atoms with Crippen molar-refractivity contribution in [2.45, 2.75) is 178 Å². The van der Waals surface area contributed by atoms with Crippen LogP contribution in [0.25, 0.3) is 10.8 Å². The smallest absolute Gasteiger partial charge is 0.325 e. The van der Waals surface area contributed by atoms with Crippen LogP contribution in [-0.4, -0.2) is 211 Å². The van der Waals surface area contributed by atoms with Crippen LogP contribution < -0.4 is 75.7 Å². The highest BCUT2D eigenvalue weighted by molar-refractivity contribution is 6.30. The minimum atomic E-state index is -1.87. The van der Waals surface area contributed by atoms with Crippen molar-refractivity contribution >= 4 is 111 Å². The quantitative estimate of drug-likeness (QED) is 0.0140. The van der Waals surface area contributed by atoms with Crippen molar-refractivity contribution < 1.29 is 72.5 Å². The lowest BCUT2D eigenvalue weighted by Gasteiger charge is -2.31. The topological polar surface area (TPSA) is 540 Å². The molecule has 10 atom stereocenters. The summed E-state index contributed by atoms with van der Waals surface area (Å²) in [4.78, 5) is 204. The van der Waals surface area contributed by atoms with Gasteiger partial charge in [0.15, 0.2) is 17.5 Å². The number of carbonyl (C=O) groups excluding carboxylic acids is 12. The Balaban J connectivity index is 1.16. The number of pyridine rings is 2. The molecule has 0 saturated carbocycles. The van der Waals surface area contributed by atoms with Gasteiger partial charge in [-0.05, 0) is 141 Å². The molecule has 1 aliphatic rings. The average Bonchev–Trinajstić information content (AvgIpc) is 1.52. The fourth-order valence-corrected chi connectivity index (χ4v) is 12.7. The predicted octanol–water partition coefficient (Wildman–Crippen LogP) is 0.454. The molecule has 6 aromatic rings. The zero-order chi connectivity index (χ0) is 82.8. The molecule has 3 aromatic carbocycles. The van der Waals surface area contributed by atoms with Gasteiger partial charge in [0, 0.05) is 88.4 Å². The molecule has 1 aliphatic heterocycles. The van der Waals surface area contributed by atoms with E-state index in [-0.39, 0.29) is 139 Å². The van der Waals surface area contributed by atoms with Crippen molar-refractivity contribution in [3.8, 4) is 0 Å². The van der Waals surface area contributed by atoms with Gasteiger partial charge < -0.3 is 90.8 Å². The number of hydrogen-bond donors (Lipinski definition) is 16. The van der Waals surface area contributed by atoms with Crippen LogP contribution in [0.1, 0.15) is 136 Å². The fourth-order valence-electron chi connectivity index (χ4n) is 12.6. The third-order valence-electron chi connectivity index (χ3n) is 18.5. The first-order chi connectivity index (χ1) is 54.6. The third-order valence-corrected chi connectivity index (χ3v) is 18.8. The van der Waals surface area contributed by atoms with Crippen molar-refractivity contribution in [2.24, 2.45) is 22.4 Å². The number of carbonyl (C=O) groups is 13. The lowest BCUT2D eigenvalue weighted by Crippen LogP contribution is -2.61. The predicted molar refractivity (Wildman–Crippen MR) is 421 cm³/mol. The SMILES string of the molecule is CC(=O)N[C@@H](Cc1ccc2ccccc2c1)C(=O)N[C@@H](Cc1ccc(Cl)cc1)C(=O)N[C@@H](Cc1cccnc1)C(=O)N[C@@H](CO)C(=O)N[C@@H](CCCCNC(=O)c1ccccn1)C(=O)N[C@@H](CCCCNC(=O)c1nccnc1N)C(=O)N[C@@H](CC(C)C)C(=O)N[C@@H](CCCN=C(N)N)C(=O)N1CCC[C@@H]1C(=O)N[C@@H](C)C(=O)O. The van der Waals surface area contributed by atoms with Crippen LogP contribution in [0.4, 0.5) is 5.82 Å². The number of aliphatic imine (C=N–C) groups is 1. The number of aliphatic hydroxyl groups is 1. The number of guanidine groups is 1. The Bertz CT molecular complexity index is 4330. The Kier molecular flexibility index (Phi) is 35.3. The maximum absolute atomic E-state index is 15.2. The maximum Gasteiger partial charge on any atom is 0.325 e. The first-order valence-electron chi connectivity index (χ1n) is 37.6. The Labute approximate surface area is 663 Å². The average molecular weight is 1590 g/mol. The summed E-state index contributed by atoms with van der Waals surface area (Å²) in [6.45, 7) is 5.09. The minimum absolute atomic E-state index is 0.00292. The van der Waals surface area contributed by atoms with Gasteiger partial charge in [-0.3, -0.25) is 77.3 Å². The number of nitrogens with two attached hydrogens (primary N) is 3. The number of nitrogen functional groups attached to an aromatic ring is 1.